The quantitative estimate of drug-likeness (QED) is 0.611. The molecule has 0 heterocycles. The van der Waals surface area contributed by atoms with Crippen molar-refractivity contribution in [1.82, 2.24) is 4.90 Å². The fraction of sp³-hybridized carbons (Fsp3) is 0.938. The lowest BCUT2D eigenvalue weighted by atomic mass is 9.91. The Morgan fingerprint density at radius 2 is 1.39 bits per heavy atom. The fourth-order valence-electron chi connectivity index (χ4n) is 1.71. The van der Waals surface area contributed by atoms with Crippen molar-refractivity contribution in [2.75, 3.05) is 19.6 Å². The van der Waals surface area contributed by atoms with Crippen molar-refractivity contribution in [3.05, 3.63) is 0 Å². The average molecular weight is 252 g/mol. The smallest absolute Gasteiger partial charge is 0.0684 e. The van der Waals surface area contributed by atoms with Crippen molar-refractivity contribution < 1.29 is 0 Å². The predicted octanol–water partition coefficient (Wildman–Crippen LogP) is 4.32. The summed E-state index contributed by atoms with van der Waals surface area (Å²) in [6, 6.07) is 2.40. The first-order valence-electron chi connectivity index (χ1n) is 7.40. The Kier molecular flexibility index (Phi) is 8.27. The van der Waals surface area contributed by atoms with Crippen LogP contribution in [-0.2, 0) is 0 Å². The zero-order valence-corrected chi connectivity index (χ0v) is 13.3. The molecular formula is C16H32N2. The van der Waals surface area contributed by atoms with Gasteiger partial charge < -0.3 is 4.90 Å². The Bertz CT molecular complexity index is 236. The molecular weight excluding hydrogens is 220 g/mol. The molecule has 0 fully saturated rings. The van der Waals surface area contributed by atoms with Gasteiger partial charge in [-0.05, 0) is 64.6 Å². The third-order valence-electron chi connectivity index (χ3n) is 3.40. The second kappa shape index (κ2) is 8.53. The lowest BCUT2D eigenvalue weighted by Gasteiger charge is -2.26. The summed E-state index contributed by atoms with van der Waals surface area (Å²) in [6.45, 7) is 16.6. The summed E-state index contributed by atoms with van der Waals surface area (Å²) in [5.41, 5.74) is -0.187. The highest BCUT2D eigenvalue weighted by Crippen LogP contribution is 2.19. The molecule has 0 saturated carbocycles. The van der Waals surface area contributed by atoms with E-state index in [0.717, 1.165) is 24.8 Å². The molecule has 0 N–H and O–H groups in total. The monoisotopic (exact) mass is 252 g/mol. The minimum Gasteiger partial charge on any atom is -0.303 e. The van der Waals surface area contributed by atoms with Gasteiger partial charge in [0.25, 0.3) is 0 Å². The summed E-state index contributed by atoms with van der Waals surface area (Å²) in [4.78, 5) is 2.54. The van der Waals surface area contributed by atoms with Crippen LogP contribution in [0.1, 0.15) is 60.8 Å². The first-order valence-corrected chi connectivity index (χ1v) is 7.40. The van der Waals surface area contributed by atoms with Gasteiger partial charge in [-0.25, -0.2) is 0 Å². The maximum Gasteiger partial charge on any atom is 0.0684 e. The van der Waals surface area contributed by atoms with E-state index in [2.05, 4.69) is 38.7 Å². The molecule has 0 spiro atoms. The number of nitriles is 1. The van der Waals surface area contributed by atoms with Crippen molar-refractivity contribution in [2.24, 2.45) is 17.3 Å². The van der Waals surface area contributed by atoms with Gasteiger partial charge >= 0.3 is 0 Å². The molecule has 0 saturated heterocycles. The van der Waals surface area contributed by atoms with Gasteiger partial charge in [0.05, 0.1) is 11.5 Å². The van der Waals surface area contributed by atoms with Gasteiger partial charge in [-0.2, -0.15) is 5.26 Å². The second-order valence-electron chi connectivity index (χ2n) is 6.95. The summed E-state index contributed by atoms with van der Waals surface area (Å²) in [7, 11) is 0. The predicted molar refractivity (Wildman–Crippen MR) is 79.4 cm³/mol. The van der Waals surface area contributed by atoms with E-state index in [-0.39, 0.29) is 5.41 Å². The highest BCUT2D eigenvalue weighted by molar-refractivity contribution is 4.92. The van der Waals surface area contributed by atoms with Crippen LogP contribution >= 0.6 is 0 Å². The molecule has 0 rings (SSSR count). The summed E-state index contributed by atoms with van der Waals surface area (Å²) >= 11 is 0. The van der Waals surface area contributed by atoms with Gasteiger partial charge in [0.1, 0.15) is 0 Å². The minimum absolute atomic E-state index is 0.187. The highest BCUT2D eigenvalue weighted by Gasteiger charge is 2.18. The average Bonchev–Trinajstić information content (AvgIpc) is 2.27. The minimum atomic E-state index is -0.187. The maximum absolute atomic E-state index is 9.07. The van der Waals surface area contributed by atoms with Gasteiger partial charge in [-0.15, -0.1) is 0 Å². The van der Waals surface area contributed by atoms with E-state index in [1.165, 1.54) is 25.9 Å². The summed E-state index contributed by atoms with van der Waals surface area (Å²) in [6.07, 6.45) is 3.48. The molecule has 0 aromatic carbocycles. The number of nitrogens with zero attached hydrogens (tertiary/aromatic N) is 2. The summed E-state index contributed by atoms with van der Waals surface area (Å²) < 4.78 is 0. The van der Waals surface area contributed by atoms with Crippen LogP contribution in [0.4, 0.5) is 0 Å². The third-order valence-corrected chi connectivity index (χ3v) is 3.40. The van der Waals surface area contributed by atoms with Crippen molar-refractivity contribution in [3.8, 4) is 6.07 Å². The van der Waals surface area contributed by atoms with Crippen LogP contribution in [0.25, 0.3) is 0 Å². The largest absolute Gasteiger partial charge is 0.303 e. The number of hydrogen-bond donors (Lipinski definition) is 0. The number of hydrogen-bond acceptors (Lipinski definition) is 2. The molecule has 0 atom stereocenters. The van der Waals surface area contributed by atoms with E-state index in [9.17, 15) is 0 Å². The topological polar surface area (TPSA) is 27.0 Å². The fourth-order valence-corrected chi connectivity index (χ4v) is 1.71. The molecule has 0 aromatic rings. The third kappa shape index (κ3) is 9.48. The number of rotatable bonds is 9. The first-order chi connectivity index (χ1) is 8.26. The zero-order valence-electron chi connectivity index (χ0n) is 13.3. The lowest BCUT2D eigenvalue weighted by molar-refractivity contribution is 0.219. The molecule has 0 aromatic heterocycles. The maximum atomic E-state index is 9.07. The molecule has 18 heavy (non-hydrogen) atoms. The van der Waals surface area contributed by atoms with Crippen LogP contribution in [0.2, 0.25) is 0 Å². The van der Waals surface area contributed by atoms with Crippen LogP contribution in [0.3, 0.4) is 0 Å². The second-order valence-corrected chi connectivity index (χ2v) is 6.95. The Morgan fingerprint density at radius 1 is 0.944 bits per heavy atom. The van der Waals surface area contributed by atoms with E-state index in [4.69, 9.17) is 5.26 Å². The molecule has 2 nitrogen and oxygen atoms in total. The molecule has 106 valence electrons. The Morgan fingerprint density at radius 3 is 1.72 bits per heavy atom. The van der Waals surface area contributed by atoms with Crippen LogP contribution in [-0.4, -0.2) is 24.5 Å². The van der Waals surface area contributed by atoms with Gasteiger partial charge in [0.2, 0.25) is 0 Å². The van der Waals surface area contributed by atoms with Gasteiger partial charge in [0.15, 0.2) is 0 Å². The van der Waals surface area contributed by atoms with Gasteiger partial charge in [-0.3, -0.25) is 0 Å². The highest BCUT2D eigenvalue weighted by atomic mass is 15.1. The zero-order chi connectivity index (χ0) is 14.2. The molecule has 0 bridgehead atoms. The first kappa shape index (κ1) is 17.4. The van der Waals surface area contributed by atoms with Crippen molar-refractivity contribution in [1.29, 1.82) is 5.26 Å². The molecule has 0 amide bonds. The molecule has 0 aliphatic carbocycles. The molecule has 2 heteroatoms. The lowest BCUT2D eigenvalue weighted by Crippen LogP contribution is -2.31. The van der Waals surface area contributed by atoms with Crippen LogP contribution in [0.15, 0.2) is 0 Å². The van der Waals surface area contributed by atoms with Crippen molar-refractivity contribution in [2.45, 2.75) is 60.8 Å². The van der Waals surface area contributed by atoms with E-state index in [1.807, 2.05) is 13.8 Å². The molecule has 0 unspecified atom stereocenters. The summed E-state index contributed by atoms with van der Waals surface area (Å²) in [5, 5.41) is 9.07. The molecule has 0 radical (unpaired) electrons. The molecule has 0 aliphatic rings. The van der Waals surface area contributed by atoms with Gasteiger partial charge in [0, 0.05) is 0 Å². The van der Waals surface area contributed by atoms with Crippen LogP contribution in [0.5, 0.6) is 0 Å². The van der Waals surface area contributed by atoms with E-state index < -0.39 is 0 Å². The Balaban J connectivity index is 4.16. The van der Waals surface area contributed by atoms with Crippen LogP contribution < -0.4 is 0 Å². The normalized spacial score (nSPS) is 12.4. The van der Waals surface area contributed by atoms with Crippen molar-refractivity contribution in [3.63, 3.8) is 0 Å². The van der Waals surface area contributed by atoms with Gasteiger partial charge in [-0.1, -0.05) is 27.7 Å². The standard InChI is InChI=1S/C16H32N2/c1-14(2)7-10-18(11-8-15(3)4)12-9-16(5,6)13-17/h14-15H,7-12H2,1-6H3. The van der Waals surface area contributed by atoms with E-state index in [1.54, 1.807) is 0 Å². The Labute approximate surface area is 114 Å². The van der Waals surface area contributed by atoms with E-state index >= 15 is 0 Å². The van der Waals surface area contributed by atoms with E-state index in [0.29, 0.717) is 0 Å². The summed E-state index contributed by atoms with van der Waals surface area (Å²) in [5.74, 6) is 1.52. The Hall–Kier alpha value is -0.550. The SMILES string of the molecule is CC(C)CCN(CCC(C)C)CCC(C)(C)C#N. The molecule has 0 aliphatic heterocycles. The van der Waals surface area contributed by atoms with Crippen LogP contribution in [0, 0.1) is 28.6 Å². The van der Waals surface area contributed by atoms with Crippen molar-refractivity contribution >= 4 is 0 Å².